The largest absolute Gasteiger partial charge is 0.483 e. The number of benzene rings is 1. The Morgan fingerprint density at radius 1 is 1.26 bits per heavy atom. The Labute approximate surface area is 132 Å². The van der Waals surface area contributed by atoms with Crippen molar-refractivity contribution in [2.24, 2.45) is 0 Å². The lowest BCUT2D eigenvalue weighted by Crippen LogP contribution is -2.20. The molecule has 0 saturated carbocycles. The fourth-order valence-corrected chi connectivity index (χ4v) is 1.95. The van der Waals surface area contributed by atoms with E-state index in [1.165, 1.54) is 0 Å². The average molecular weight is 310 g/mol. The highest BCUT2D eigenvalue weighted by Crippen LogP contribution is 2.28. The van der Waals surface area contributed by atoms with Crippen LogP contribution in [0, 0.1) is 6.92 Å². The van der Waals surface area contributed by atoms with E-state index in [0.29, 0.717) is 28.7 Å². The monoisotopic (exact) mass is 310 g/mol. The van der Waals surface area contributed by atoms with Gasteiger partial charge in [0, 0.05) is 6.20 Å². The molecular formula is C16H14N4O3. The number of amides is 1. The number of hydrogen-bond donors (Lipinski definition) is 1. The summed E-state index contributed by atoms with van der Waals surface area (Å²) < 4.78 is 10.7. The van der Waals surface area contributed by atoms with Gasteiger partial charge in [0.2, 0.25) is 0 Å². The molecule has 1 aromatic carbocycles. The maximum absolute atomic E-state index is 11.9. The highest BCUT2D eigenvalue weighted by atomic mass is 16.5. The minimum Gasteiger partial charge on any atom is -0.483 e. The molecule has 0 unspecified atom stereocenters. The quantitative estimate of drug-likeness (QED) is 0.778. The van der Waals surface area contributed by atoms with Crippen molar-refractivity contribution in [1.29, 1.82) is 0 Å². The zero-order valence-electron chi connectivity index (χ0n) is 12.4. The first-order chi connectivity index (χ1) is 11.2. The van der Waals surface area contributed by atoms with Crippen LogP contribution < -0.4 is 10.1 Å². The summed E-state index contributed by atoms with van der Waals surface area (Å²) in [7, 11) is 0. The number of anilines is 1. The van der Waals surface area contributed by atoms with E-state index in [9.17, 15) is 4.79 Å². The van der Waals surface area contributed by atoms with Crippen molar-refractivity contribution in [1.82, 2.24) is 15.1 Å². The summed E-state index contributed by atoms with van der Waals surface area (Å²) in [5.41, 5.74) is 1.25. The normalized spacial score (nSPS) is 10.3. The third kappa shape index (κ3) is 3.70. The van der Waals surface area contributed by atoms with Gasteiger partial charge >= 0.3 is 0 Å². The van der Waals surface area contributed by atoms with E-state index in [0.717, 1.165) is 0 Å². The van der Waals surface area contributed by atoms with Crippen LogP contribution in [0.5, 0.6) is 5.75 Å². The van der Waals surface area contributed by atoms with Crippen LogP contribution in [0.1, 0.15) is 5.82 Å². The molecule has 0 fully saturated rings. The van der Waals surface area contributed by atoms with Gasteiger partial charge in [0.1, 0.15) is 5.75 Å². The van der Waals surface area contributed by atoms with Crippen molar-refractivity contribution in [3.8, 4) is 17.2 Å². The van der Waals surface area contributed by atoms with E-state index >= 15 is 0 Å². The molecule has 0 bridgehead atoms. The van der Waals surface area contributed by atoms with Crippen LogP contribution in [-0.2, 0) is 4.79 Å². The third-order valence-electron chi connectivity index (χ3n) is 2.95. The molecule has 0 aliphatic carbocycles. The van der Waals surface area contributed by atoms with Gasteiger partial charge in [0.15, 0.2) is 12.4 Å². The zero-order chi connectivity index (χ0) is 16.1. The predicted octanol–water partition coefficient (Wildman–Crippen LogP) is 2.46. The molecule has 1 N–H and O–H groups in total. The van der Waals surface area contributed by atoms with Crippen LogP contribution in [0.4, 0.5) is 5.69 Å². The van der Waals surface area contributed by atoms with Crippen molar-refractivity contribution in [2.45, 2.75) is 6.92 Å². The molecule has 116 valence electrons. The molecule has 2 heterocycles. The first-order valence-corrected chi connectivity index (χ1v) is 6.95. The molecule has 3 aromatic rings. The molecule has 0 radical (unpaired) electrons. The van der Waals surface area contributed by atoms with Gasteiger partial charge in [-0.3, -0.25) is 9.78 Å². The average Bonchev–Trinajstić information content (AvgIpc) is 3.00. The van der Waals surface area contributed by atoms with Crippen LogP contribution in [0.25, 0.3) is 11.5 Å². The van der Waals surface area contributed by atoms with E-state index in [-0.39, 0.29) is 12.5 Å². The van der Waals surface area contributed by atoms with Crippen LogP contribution in [-0.4, -0.2) is 27.6 Å². The molecule has 3 rings (SSSR count). The maximum atomic E-state index is 11.9. The molecule has 2 aromatic heterocycles. The van der Waals surface area contributed by atoms with Crippen molar-refractivity contribution >= 4 is 11.6 Å². The number of para-hydroxylation sites is 1. The van der Waals surface area contributed by atoms with Gasteiger partial charge in [0.05, 0.1) is 17.4 Å². The maximum Gasteiger partial charge on any atom is 0.262 e. The molecule has 23 heavy (non-hydrogen) atoms. The number of aryl methyl sites for hydroxylation is 1. The van der Waals surface area contributed by atoms with E-state index in [4.69, 9.17) is 9.26 Å². The van der Waals surface area contributed by atoms with E-state index in [2.05, 4.69) is 20.4 Å². The number of rotatable bonds is 5. The summed E-state index contributed by atoms with van der Waals surface area (Å²) in [6.45, 7) is 1.59. The van der Waals surface area contributed by atoms with Crippen molar-refractivity contribution in [3.63, 3.8) is 0 Å². The number of hydrogen-bond acceptors (Lipinski definition) is 6. The van der Waals surface area contributed by atoms with Gasteiger partial charge in [-0.05, 0) is 31.2 Å². The molecule has 0 atom stereocenters. The molecule has 0 aliphatic rings. The standard InChI is InChI=1S/C16H14N4O3/c1-11-18-16(23-20-11)13-6-2-3-7-14(13)22-10-15(21)19-12-5-4-8-17-9-12/h2-9H,10H2,1H3,(H,19,21). The predicted molar refractivity (Wildman–Crippen MR) is 82.8 cm³/mol. The second-order valence-corrected chi connectivity index (χ2v) is 4.72. The summed E-state index contributed by atoms with van der Waals surface area (Å²) in [4.78, 5) is 20.0. The minimum atomic E-state index is -0.283. The lowest BCUT2D eigenvalue weighted by atomic mass is 10.2. The Morgan fingerprint density at radius 3 is 2.87 bits per heavy atom. The Bertz CT molecular complexity index is 802. The first kappa shape index (κ1) is 14.7. The third-order valence-corrected chi connectivity index (χ3v) is 2.95. The Kier molecular flexibility index (Phi) is 4.28. The zero-order valence-corrected chi connectivity index (χ0v) is 12.4. The number of carbonyl (C=O) groups excluding carboxylic acids is 1. The molecule has 0 spiro atoms. The summed E-state index contributed by atoms with van der Waals surface area (Å²) in [6.07, 6.45) is 3.20. The van der Waals surface area contributed by atoms with Crippen molar-refractivity contribution in [2.75, 3.05) is 11.9 Å². The second-order valence-electron chi connectivity index (χ2n) is 4.72. The first-order valence-electron chi connectivity index (χ1n) is 6.95. The number of ether oxygens (including phenoxy) is 1. The molecular weight excluding hydrogens is 296 g/mol. The van der Waals surface area contributed by atoms with E-state index < -0.39 is 0 Å². The SMILES string of the molecule is Cc1noc(-c2ccccc2OCC(=O)Nc2cccnc2)n1. The summed E-state index contributed by atoms with van der Waals surface area (Å²) in [5.74, 6) is 1.10. The number of carbonyl (C=O) groups is 1. The molecule has 1 amide bonds. The molecule has 7 heteroatoms. The molecule has 7 nitrogen and oxygen atoms in total. The lowest BCUT2D eigenvalue weighted by molar-refractivity contribution is -0.118. The van der Waals surface area contributed by atoms with Crippen LogP contribution in [0.15, 0.2) is 53.3 Å². The van der Waals surface area contributed by atoms with Crippen molar-refractivity contribution < 1.29 is 14.1 Å². The number of aromatic nitrogens is 3. The van der Waals surface area contributed by atoms with Crippen molar-refractivity contribution in [3.05, 3.63) is 54.6 Å². The highest BCUT2D eigenvalue weighted by molar-refractivity contribution is 5.91. The summed E-state index contributed by atoms with van der Waals surface area (Å²) in [6, 6.07) is 10.7. The number of pyridine rings is 1. The highest BCUT2D eigenvalue weighted by Gasteiger charge is 2.13. The Morgan fingerprint density at radius 2 is 2.13 bits per heavy atom. The van der Waals surface area contributed by atoms with Gasteiger partial charge in [-0.25, -0.2) is 0 Å². The van der Waals surface area contributed by atoms with Crippen LogP contribution in [0.2, 0.25) is 0 Å². The summed E-state index contributed by atoms with van der Waals surface area (Å²) >= 11 is 0. The van der Waals surface area contributed by atoms with Gasteiger partial charge in [-0.2, -0.15) is 4.98 Å². The molecule has 0 saturated heterocycles. The second kappa shape index (κ2) is 6.69. The van der Waals surface area contributed by atoms with Gasteiger partial charge in [0.25, 0.3) is 11.8 Å². The fourth-order valence-electron chi connectivity index (χ4n) is 1.95. The van der Waals surface area contributed by atoms with Crippen LogP contribution >= 0.6 is 0 Å². The topological polar surface area (TPSA) is 90.1 Å². The smallest absolute Gasteiger partial charge is 0.262 e. The van der Waals surface area contributed by atoms with Gasteiger partial charge < -0.3 is 14.6 Å². The van der Waals surface area contributed by atoms with Crippen LogP contribution in [0.3, 0.4) is 0 Å². The Hall–Kier alpha value is -3.22. The van der Waals surface area contributed by atoms with E-state index in [1.807, 2.05) is 6.07 Å². The number of nitrogens with one attached hydrogen (secondary N) is 1. The fraction of sp³-hybridized carbons (Fsp3) is 0.125. The summed E-state index contributed by atoms with van der Waals surface area (Å²) in [5, 5.41) is 6.45. The number of nitrogens with zero attached hydrogens (tertiary/aromatic N) is 3. The van der Waals surface area contributed by atoms with Gasteiger partial charge in [-0.1, -0.05) is 17.3 Å². The lowest BCUT2D eigenvalue weighted by Gasteiger charge is -2.09. The van der Waals surface area contributed by atoms with Gasteiger partial charge in [-0.15, -0.1) is 0 Å². The van der Waals surface area contributed by atoms with E-state index in [1.54, 1.807) is 49.6 Å². The molecule has 0 aliphatic heterocycles. The Balaban J connectivity index is 1.68. The minimum absolute atomic E-state index is 0.140.